The third-order valence-electron chi connectivity index (χ3n) is 8.40. The molecule has 3 aromatic rings. The van der Waals surface area contributed by atoms with Crippen LogP contribution in [-0.2, 0) is 22.5 Å². The average Bonchev–Trinajstić information content (AvgIpc) is 3.55. The van der Waals surface area contributed by atoms with Gasteiger partial charge in [0.15, 0.2) is 11.5 Å². The molecular weight excluding hydrogens is 572 g/mol. The van der Waals surface area contributed by atoms with Gasteiger partial charge in [-0.25, -0.2) is 0 Å². The molecule has 4 N–H and O–H groups in total. The maximum absolute atomic E-state index is 13.2. The lowest BCUT2D eigenvalue weighted by Gasteiger charge is -2.30. The summed E-state index contributed by atoms with van der Waals surface area (Å²) >= 11 is 1.68. The maximum atomic E-state index is 13.2. The molecule has 0 fully saturated rings. The van der Waals surface area contributed by atoms with Crippen molar-refractivity contribution in [2.75, 3.05) is 27.4 Å². The zero-order chi connectivity index (χ0) is 32.1. The molecule has 0 saturated heterocycles. The Morgan fingerprint density at radius 2 is 1.64 bits per heavy atom. The highest BCUT2D eigenvalue weighted by atomic mass is 32.1. The number of nitrogens with two attached hydrogens (primary N) is 1. The summed E-state index contributed by atoms with van der Waals surface area (Å²) in [4.78, 5) is 13.2. The molecule has 1 aromatic heterocycles. The maximum Gasteiger partial charge on any atom is 0.223 e. The van der Waals surface area contributed by atoms with Crippen LogP contribution in [0, 0.1) is 23.7 Å². The number of benzene rings is 2. The zero-order valence-electron chi connectivity index (χ0n) is 27.3. The predicted octanol–water partition coefficient (Wildman–Crippen LogP) is 6.71. The quantitative estimate of drug-likeness (QED) is 0.128. The Morgan fingerprint density at radius 3 is 2.25 bits per heavy atom. The molecule has 0 aliphatic heterocycles. The summed E-state index contributed by atoms with van der Waals surface area (Å²) < 4.78 is 16.6. The molecule has 242 valence electrons. The number of hydrogen-bond acceptors (Lipinski definition) is 7. The second-order valence-corrected chi connectivity index (χ2v) is 13.1. The van der Waals surface area contributed by atoms with Gasteiger partial charge < -0.3 is 30.4 Å². The van der Waals surface area contributed by atoms with Gasteiger partial charge in [0.25, 0.3) is 0 Å². The van der Waals surface area contributed by atoms with Crippen LogP contribution in [0.3, 0.4) is 0 Å². The summed E-state index contributed by atoms with van der Waals surface area (Å²) in [5.74, 6) is 1.71. The molecule has 3 rings (SSSR count). The SMILES string of the molecule is COCCCOc1cc(C[C@@H](C[C@H](N)[C@@H](O)C[C@H](C(=O)NCc2ccc(-c3ccsc3)cc2)C(C)C)C(C)C)ccc1OC. The van der Waals surface area contributed by atoms with E-state index >= 15 is 0 Å². The molecule has 0 radical (unpaired) electrons. The minimum atomic E-state index is -0.783. The van der Waals surface area contributed by atoms with Crippen LogP contribution in [0.5, 0.6) is 11.5 Å². The molecule has 1 amide bonds. The van der Waals surface area contributed by atoms with Crippen molar-refractivity contribution in [3.63, 3.8) is 0 Å². The van der Waals surface area contributed by atoms with Gasteiger partial charge in [0, 0.05) is 38.6 Å². The zero-order valence-corrected chi connectivity index (χ0v) is 28.1. The van der Waals surface area contributed by atoms with Crippen LogP contribution in [0.1, 0.15) is 58.1 Å². The van der Waals surface area contributed by atoms with E-state index in [0.717, 1.165) is 35.3 Å². The van der Waals surface area contributed by atoms with Gasteiger partial charge in [-0.05, 0) is 88.2 Å². The van der Waals surface area contributed by atoms with Crippen LogP contribution in [0.2, 0.25) is 0 Å². The van der Waals surface area contributed by atoms with Crippen molar-refractivity contribution in [2.24, 2.45) is 29.4 Å². The van der Waals surface area contributed by atoms with Crippen LogP contribution in [0.15, 0.2) is 59.3 Å². The van der Waals surface area contributed by atoms with Gasteiger partial charge in [0.05, 0.1) is 19.8 Å². The highest BCUT2D eigenvalue weighted by Crippen LogP contribution is 2.32. The number of hydrogen-bond donors (Lipinski definition) is 3. The standard InChI is InChI=1S/C36H52N2O5S/c1-24(2)30(18-27-10-13-34(42-6)35(19-27)43-16-7-15-41-5)20-32(37)33(39)21-31(25(3)4)36(40)38-22-26-8-11-28(12-9-26)29-14-17-44-23-29/h8-14,17,19,23-25,30-33,39H,7,15-16,18,20-22,37H2,1-6H3,(H,38,40)/t30-,31-,32-,33-/m0/s1. The van der Waals surface area contributed by atoms with E-state index in [9.17, 15) is 9.90 Å². The van der Waals surface area contributed by atoms with Crippen LogP contribution in [0.4, 0.5) is 0 Å². The van der Waals surface area contributed by atoms with Gasteiger partial charge >= 0.3 is 0 Å². The second-order valence-electron chi connectivity index (χ2n) is 12.4. The lowest BCUT2D eigenvalue weighted by Crippen LogP contribution is -2.42. The molecule has 1 heterocycles. The number of ether oxygens (including phenoxy) is 3. The summed E-state index contributed by atoms with van der Waals surface area (Å²) in [6.45, 7) is 10.1. The molecule has 0 aliphatic carbocycles. The first kappa shape index (κ1) is 35.6. The van der Waals surface area contributed by atoms with Gasteiger partial charge in [-0.1, -0.05) is 58.0 Å². The topological polar surface area (TPSA) is 103 Å². The smallest absolute Gasteiger partial charge is 0.223 e. The van der Waals surface area contributed by atoms with Gasteiger partial charge in [-0.15, -0.1) is 0 Å². The first-order chi connectivity index (χ1) is 21.1. The normalized spacial score (nSPS) is 14.3. The van der Waals surface area contributed by atoms with Crippen molar-refractivity contribution in [2.45, 2.75) is 72.1 Å². The van der Waals surface area contributed by atoms with Crippen LogP contribution >= 0.6 is 11.3 Å². The first-order valence-corrected chi connectivity index (χ1v) is 16.7. The predicted molar refractivity (Wildman–Crippen MR) is 180 cm³/mol. The van der Waals surface area contributed by atoms with Crippen molar-refractivity contribution in [1.82, 2.24) is 5.32 Å². The Balaban J connectivity index is 1.57. The number of methoxy groups -OCH3 is 2. The van der Waals surface area contributed by atoms with Gasteiger partial charge in [0.2, 0.25) is 5.91 Å². The van der Waals surface area contributed by atoms with Crippen molar-refractivity contribution in [1.29, 1.82) is 0 Å². The second kappa shape index (κ2) is 18.2. The molecule has 0 aliphatic rings. The molecule has 0 unspecified atom stereocenters. The number of aliphatic hydroxyl groups excluding tert-OH is 1. The van der Waals surface area contributed by atoms with E-state index in [1.165, 1.54) is 5.56 Å². The van der Waals surface area contributed by atoms with E-state index in [-0.39, 0.29) is 23.7 Å². The molecule has 4 atom stereocenters. The fourth-order valence-electron chi connectivity index (χ4n) is 5.43. The van der Waals surface area contributed by atoms with E-state index in [0.29, 0.717) is 44.3 Å². The number of carbonyl (C=O) groups is 1. The fourth-order valence-corrected chi connectivity index (χ4v) is 6.09. The van der Waals surface area contributed by atoms with Crippen molar-refractivity contribution in [3.05, 3.63) is 70.4 Å². The summed E-state index contributed by atoms with van der Waals surface area (Å²) in [7, 11) is 3.32. The molecule has 0 spiro atoms. The monoisotopic (exact) mass is 624 g/mol. The van der Waals surface area contributed by atoms with E-state index in [4.69, 9.17) is 19.9 Å². The average molecular weight is 625 g/mol. The van der Waals surface area contributed by atoms with Crippen molar-refractivity contribution in [3.8, 4) is 22.6 Å². The summed E-state index contributed by atoms with van der Waals surface area (Å²) in [6.07, 6.45) is 1.79. The Kier molecular flexibility index (Phi) is 14.7. The van der Waals surface area contributed by atoms with E-state index in [2.05, 4.69) is 54.2 Å². The Morgan fingerprint density at radius 1 is 0.909 bits per heavy atom. The fraction of sp³-hybridized carbons (Fsp3) is 0.528. The molecular formula is C36H52N2O5S. The number of rotatable bonds is 19. The molecule has 44 heavy (non-hydrogen) atoms. The van der Waals surface area contributed by atoms with Crippen LogP contribution < -0.4 is 20.5 Å². The first-order valence-electron chi connectivity index (χ1n) is 15.7. The Bertz CT molecular complexity index is 1250. The van der Waals surface area contributed by atoms with Crippen LogP contribution in [0.25, 0.3) is 11.1 Å². The highest BCUT2D eigenvalue weighted by Gasteiger charge is 2.30. The summed E-state index contributed by atoms with van der Waals surface area (Å²) in [5, 5.41) is 18.5. The number of carbonyl (C=O) groups excluding carboxylic acids is 1. The van der Waals surface area contributed by atoms with Gasteiger partial charge in [0.1, 0.15) is 0 Å². The minimum absolute atomic E-state index is 0.0511. The number of nitrogens with one attached hydrogen (secondary N) is 1. The largest absolute Gasteiger partial charge is 0.493 e. The molecule has 0 bridgehead atoms. The molecule has 0 saturated carbocycles. The lowest BCUT2D eigenvalue weighted by atomic mass is 9.81. The van der Waals surface area contributed by atoms with Gasteiger partial charge in [-0.3, -0.25) is 4.79 Å². The van der Waals surface area contributed by atoms with Crippen LogP contribution in [-0.4, -0.2) is 50.6 Å². The number of amides is 1. The molecule has 8 heteroatoms. The Labute approximate surface area is 268 Å². The molecule has 2 aromatic carbocycles. The summed E-state index contributed by atoms with van der Waals surface area (Å²) in [6, 6.07) is 16.0. The van der Waals surface area contributed by atoms with Gasteiger partial charge in [-0.2, -0.15) is 11.3 Å². The third-order valence-corrected chi connectivity index (χ3v) is 9.08. The number of aliphatic hydroxyl groups is 1. The van der Waals surface area contributed by atoms with Crippen molar-refractivity contribution >= 4 is 17.2 Å². The summed E-state index contributed by atoms with van der Waals surface area (Å²) in [5.41, 5.74) is 11.2. The molecule has 7 nitrogen and oxygen atoms in total. The lowest BCUT2D eigenvalue weighted by molar-refractivity contribution is -0.127. The Hall–Kier alpha value is -2.91. The number of thiophene rings is 1. The van der Waals surface area contributed by atoms with E-state index in [1.54, 1.807) is 25.6 Å². The van der Waals surface area contributed by atoms with E-state index in [1.807, 2.05) is 38.1 Å². The third kappa shape index (κ3) is 10.9. The highest BCUT2D eigenvalue weighted by molar-refractivity contribution is 7.08. The van der Waals surface area contributed by atoms with Crippen molar-refractivity contribution < 1.29 is 24.1 Å². The van der Waals surface area contributed by atoms with E-state index < -0.39 is 12.1 Å². The minimum Gasteiger partial charge on any atom is -0.493 e.